The van der Waals surface area contributed by atoms with Gasteiger partial charge in [-0.1, -0.05) is 41.9 Å². The van der Waals surface area contributed by atoms with Crippen molar-refractivity contribution in [1.29, 1.82) is 0 Å². The van der Waals surface area contributed by atoms with E-state index in [0.29, 0.717) is 5.69 Å². The van der Waals surface area contributed by atoms with Gasteiger partial charge in [0.25, 0.3) is 10.0 Å². The van der Waals surface area contributed by atoms with E-state index in [1.807, 2.05) is 30.3 Å². The molecule has 3 aromatic rings. The predicted molar refractivity (Wildman–Crippen MR) is 105 cm³/mol. The van der Waals surface area contributed by atoms with Gasteiger partial charge in [-0.15, -0.1) is 11.3 Å². The van der Waals surface area contributed by atoms with Crippen molar-refractivity contribution in [2.24, 2.45) is 0 Å². The van der Waals surface area contributed by atoms with Crippen LogP contribution in [0.2, 0.25) is 5.02 Å². The second-order valence-electron chi connectivity index (χ2n) is 6.31. The zero-order chi connectivity index (χ0) is 19.1. The summed E-state index contributed by atoms with van der Waals surface area (Å²) in [6, 6.07) is 12.1. The van der Waals surface area contributed by atoms with Gasteiger partial charge in [0.15, 0.2) is 5.82 Å². The highest BCUT2D eigenvalue weighted by Gasteiger charge is 2.44. The van der Waals surface area contributed by atoms with Crippen molar-refractivity contribution in [2.75, 3.05) is 10.0 Å². The van der Waals surface area contributed by atoms with Crippen LogP contribution in [0.25, 0.3) is 0 Å². The molecule has 0 bridgehead atoms. The number of halogens is 2. The Kier molecular flexibility index (Phi) is 4.57. The molecular formula is C18H15ClFN3O2S2. The minimum absolute atomic E-state index is 0.136. The van der Waals surface area contributed by atoms with E-state index >= 15 is 0 Å². The van der Waals surface area contributed by atoms with Crippen molar-refractivity contribution >= 4 is 44.5 Å². The molecule has 0 amide bonds. The molecule has 9 heteroatoms. The number of benzene rings is 2. The highest BCUT2D eigenvalue weighted by Crippen LogP contribution is 2.49. The van der Waals surface area contributed by atoms with Gasteiger partial charge in [0.2, 0.25) is 0 Å². The number of aromatic nitrogens is 1. The lowest BCUT2D eigenvalue weighted by atomic mass is 10.0. The number of nitrogens with zero attached hydrogens (tertiary/aromatic N) is 1. The van der Waals surface area contributed by atoms with Gasteiger partial charge in [-0.05, 0) is 30.5 Å². The van der Waals surface area contributed by atoms with Crippen LogP contribution in [-0.4, -0.2) is 13.4 Å². The average Bonchev–Trinajstić information content (AvgIpc) is 3.25. The van der Waals surface area contributed by atoms with E-state index in [0.717, 1.165) is 30.5 Å². The summed E-state index contributed by atoms with van der Waals surface area (Å²) in [6.45, 7) is 0. The molecule has 2 aromatic carbocycles. The van der Waals surface area contributed by atoms with Gasteiger partial charge < -0.3 is 5.32 Å². The highest BCUT2D eigenvalue weighted by molar-refractivity contribution is 7.92. The van der Waals surface area contributed by atoms with E-state index < -0.39 is 20.7 Å². The Balaban J connectivity index is 1.63. The summed E-state index contributed by atoms with van der Waals surface area (Å²) in [6.07, 6.45) is 1.78. The maximum absolute atomic E-state index is 14.6. The third-order valence-electron chi connectivity index (χ3n) is 4.43. The minimum atomic E-state index is -4.13. The Morgan fingerprint density at radius 1 is 1.19 bits per heavy atom. The number of thiazole rings is 1. The Labute approximate surface area is 165 Å². The Hall–Kier alpha value is -2.16. The van der Waals surface area contributed by atoms with Crippen LogP contribution in [0.4, 0.5) is 15.9 Å². The summed E-state index contributed by atoms with van der Waals surface area (Å²) < 4.78 is 41.7. The van der Waals surface area contributed by atoms with Gasteiger partial charge in [-0.3, -0.25) is 4.72 Å². The number of nitrogens with one attached hydrogen (secondary N) is 2. The minimum Gasteiger partial charge on any atom is -0.374 e. The zero-order valence-corrected chi connectivity index (χ0v) is 16.3. The molecule has 4 rings (SSSR count). The summed E-state index contributed by atoms with van der Waals surface area (Å²) in [7, 11) is -4.13. The van der Waals surface area contributed by atoms with Gasteiger partial charge in [-0.25, -0.2) is 17.8 Å². The molecule has 5 nitrogen and oxygen atoms in total. The molecule has 2 N–H and O–H groups in total. The van der Waals surface area contributed by atoms with E-state index in [9.17, 15) is 12.8 Å². The smallest absolute Gasteiger partial charge is 0.266 e. The number of hydrogen-bond acceptors (Lipinski definition) is 5. The molecule has 1 saturated carbocycles. The third kappa shape index (κ3) is 3.65. The molecule has 0 unspecified atom stereocenters. The van der Waals surface area contributed by atoms with E-state index in [1.165, 1.54) is 22.2 Å². The zero-order valence-electron chi connectivity index (χ0n) is 13.9. The van der Waals surface area contributed by atoms with Crippen LogP contribution in [0.3, 0.4) is 0 Å². The standard InChI is InChI=1S/C18H15ClFN3O2S2/c19-13-8-16(27(24,25)23-17-10-26-11-21-17)14(20)9-15(13)22-18(6-7-18)12-4-2-1-3-5-12/h1-5,8-11,22-23H,6-7H2. The first-order valence-electron chi connectivity index (χ1n) is 8.13. The summed E-state index contributed by atoms with van der Waals surface area (Å²) in [5.41, 5.74) is 2.63. The Morgan fingerprint density at radius 2 is 1.93 bits per heavy atom. The first-order chi connectivity index (χ1) is 12.9. The van der Waals surface area contributed by atoms with Gasteiger partial charge in [0.1, 0.15) is 10.7 Å². The fourth-order valence-electron chi connectivity index (χ4n) is 2.91. The first-order valence-corrected chi connectivity index (χ1v) is 10.9. The van der Waals surface area contributed by atoms with E-state index in [2.05, 4.69) is 15.0 Å². The molecule has 1 aliphatic carbocycles. The van der Waals surface area contributed by atoms with Crippen LogP contribution >= 0.6 is 22.9 Å². The second-order valence-corrected chi connectivity index (χ2v) is 9.09. The molecule has 1 aromatic heterocycles. The highest BCUT2D eigenvalue weighted by atomic mass is 35.5. The Bertz CT molecular complexity index is 1070. The van der Waals surface area contributed by atoms with Gasteiger partial charge >= 0.3 is 0 Å². The lowest BCUT2D eigenvalue weighted by Gasteiger charge is -2.21. The number of rotatable bonds is 6. The van der Waals surface area contributed by atoms with Crippen molar-refractivity contribution in [2.45, 2.75) is 23.3 Å². The van der Waals surface area contributed by atoms with Crippen LogP contribution in [0.5, 0.6) is 0 Å². The summed E-state index contributed by atoms with van der Waals surface area (Å²) in [5, 5.41) is 4.94. The van der Waals surface area contributed by atoms with E-state index in [1.54, 1.807) is 0 Å². The molecular weight excluding hydrogens is 409 g/mol. The van der Waals surface area contributed by atoms with Crippen LogP contribution in [0.15, 0.2) is 58.3 Å². The molecule has 27 heavy (non-hydrogen) atoms. The molecule has 0 atom stereocenters. The molecule has 0 radical (unpaired) electrons. The molecule has 0 aliphatic heterocycles. The van der Waals surface area contributed by atoms with Crippen molar-refractivity contribution < 1.29 is 12.8 Å². The SMILES string of the molecule is O=S(=O)(Nc1cscn1)c1cc(Cl)c(NC2(c3ccccc3)CC2)cc1F. The van der Waals surface area contributed by atoms with Gasteiger partial charge in [-0.2, -0.15) is 0 Å². The first kappa shape index (κ1) is 18.2. The maximum Gasteiger partial charge on any atom is 0.266 e. The number of anilines is 2. The topological polar surface area (TPSA) is 71.1 Å². The number of hydrogen-bond donors (Lipinski definition) is 2. The molecule has 0 spiro atoms. The Morgan fingerprint density at radius 3 is 2.56 bits per heavy atom. The van der Waals surface area contributed by atoms with Gasteiger partial charge in [0, 0.05) is 5.38 Å². The van der Waals surface area contributed by atoms with Gasteiger partial charge in [0.05, 0.1) is 21.8 Å². The average molecular weight is 424 g/mol. The molecule has 0 saturated heterocycles. The lowest BCUT2D eigenvalue weighted by Crippen LogP contribution is -2.20. The summed E-state index contributed by atoms with van der Waals surface area (Å²) in [4.78, 5) is 3.33. The number of sulfonamides is 1. The molecule has 1 fully saturated rings. The normalized spacial score (nSPS) is 15.3. The largest absolute Gasteiger partial charge is 0.374 e. The predicted octanol–water partition coefficient (Wildman–Crippen LogP) is 4.84. The quantitative estimate of drug-likeness (QED) is 0.595. The second kappa shape index (κ2) is 6.78. The third-order valence-corrected chi connectivity index (χ3v) is 6.70. The monoisotopic (exact) mass is 423 g/mol. The van der Waals surface area contributed by atoms with Crippen molar-refractivity contribution in [3.8, 4) is 0 Å². The van der Waals surface area contributed by atoms with E-state index in [-0.39, 0.29) is 16.4 Å². The fourth-order valence-corrected chi connectivity index (χ4v) is 4.83. The van der Waals surface area contributed by atoms with Crippen molar-refractivity contribution in [3.63, 3.8) is 0 Å². The summed E-state index contributed by atoms with van der Waals surface area (Å²) >= 11 is 7.50. The van der Waals surface area contributed by atoms with E-state index in [4.69, 9.17) is 11.6 Å². The van der Waals surface area contributed by atoms with Crippen LogP contribution in [0.1, 0.15) is 18.4 Å². The van der Waals surface area contributed by atoms with Crippen LogP contribution < -0.4 is 10.0 Å². The fraction of sp³-hybridized carbons (Fsp3) is 0.167. The lowest BCUT2D eigenvalue weighted by molar-refractivity contribution is 0.570. The van der Waals surface area contributed by atoms with Crippen molar-refractivity contribution in [1.82, 2.24) is 4.98 Å². The molecule has 1 heterocycles. The summed E-state index contributed by atoms with van der Waals surface area (Å²) in [5.74, 6) is -0.743. The molecule has 140 valence electrons. The van der Waals surface area contributed by atoms with Crippen molar-refractivity contribution in [3.05, 3.63) is 69.8 Å². The maximum atomic E-state index is 14.6. The van der Waals surface area contributed by atoms with Crippen LogP contribution in [0, 0.1) is 5.82 Å². The molecule has 1 aliphatic rings. The van der Waals surface area contributed by atoms with Crippen LogP contribution in [-0.2, 0) is 15.6 Å².